The quantitative estimate of drug-likeness (QED) is 0.903. The molecule has 0 heterocycles. The summed E-state index contributed by atoms with van der Waals surface area (Å²) >= 11 is 0. The predicted molar refractivity (Wildman–Crippen MR) is 80.2 cm³/mol. The molecule has 21 heavy (non-hydrogen) atoms. The Balaban J connectivity index is 2.19. The smallest absolute Gasteiger partial charge is 0.223 e. The Labute approximate surface area is 124 Å². The number of carbonyl (C=O) groups is 1. The van der Waals surface area contributed by atoms with E-state index in [1.54, 1.807) is 0 Å². The average Bonchev–Trinajstić information content (AvgIpc) is 2.50. The second kappa shape index (κ2) is 6.41. The van der Waals surface area contributed by atoms with E-state index in [9.17, 15) is 9.90 Å². The van der Waals surface area contributed by atoms with Gasteiger partial charge in [0.05, 0.1) is 14.2 Å². The van der Waals surface area contributed by atoms with Crippen molar-refractivity contribution in [2.24, 2.45) is 0 Å². The van der Waals surface area contributed by atoms with Crippen LogP contribution in [-0.4, -0.2) is 30.7 Å². The Morgan fingerprint density at radius 1 is 1.19 bits per heavy atom. The molecule has 0 bridgehead atoms. The lowest BCUT2D eigenvalue weighted by molar-refractivity contribution is -0.115. The number of allylic oxidation sites excluding steroid dienone is 1. The molecular weight excluding hydrogens is 268 g/mol. The number of aliphatic hydroxyl groups is 1. The minimum absolute atomic E-state index is 0.117. The molecule has 0 spiro atoms. The monoisotopic (exact) mass is 286 g/mol. The van der Waals surface area contributed by atoms with Crippen LogP contribution in [0.2, 0.25) is 0 Å². The van der Waals surface area contributed by atoms with Gasteiger partial charge in [-0.1, -0.05) is 42.5 Å². The number of rotatable bonds is 5. The van der Waals surface area contributed by atoms with Gasteiger partial charge in [0, 0.05) is 18.6 Å². The molecule has 4 nitrogen and oxygen atoms in total. The number of ketones is 1. The molecule has 2 rings (SSSR count). The molecule has 0 saturated carbocycles. The van der Waals surface area contributed by atoms with Crippen molar-refractivity contribution in [1.82, 2.24) is 0 Å². The van der Waals surface area contributed by atoms with E-state index in [2.05, 4.69) is 0 Å². The number of hydrogen-bond donors (Lipinski definition) is 1. The molecule has 0 aromatic heterocycles. The van der Waals surface area contributed by atoms with Gasteiger partial charge in [-0.2, -0.15) is 0 Å². The third-order valence-electron chi connectivity index (χ3n) is 3.28. The van der Waals surface area contributed by atoms with Crippen molar-refractivity contribution < 1.29 is 19.4 Å². The van der Waals surface area contributed by atoms with Gasteiger partial charge < -0.3 is 14.6 Å². The molecule has 0 saturated heterocycles. The normalized spacial score (nSPS) is 22.0. The van der Waals surface area contributed by atoms with Crippen LogP contribution in [0.15, 0.2) is 60.1 Å². The zero-order valence-electron chi connectivity index (χ0n) is 12.1. The molecule has 0 aliphatic heterocycles. The molecule has 1 aliphatic carbocycles. The summed E-state index contributed by atoms with van der Waals surface area (Å²) in [6, 6.07) is 9.76. The van der Waals surface area contributed by atoms with E-state index in [0.29, 0.717) is 0 Å². The zero-order valence-corrected chi connectivity index (χ0v) is 12.1. The fourth-order valence-electron chi connectivity index (χ4n) is 2.17. The van der Waals surface area contributed by atoms with Crippen molar-refractivity contribution in [2.45, 2.75) is 12.0 Å². The molecule has 1 aromatic rings. The van der Waals surface area contributed by atoms with E-state index >= 15 is 0 Å². The average molecular weight is 286 g/mol. The maximum absolute atomic E-state index is 11.7. The lowest BCUT2D eigenvalue weighted by atomic mass is 9.90. The lowest BCUT2D eigenvalue weighted by Crippen LogP contribution is -2.34. The minimum Gasteiger partial charge on any atom is -0.498 e. The predicted octanol–water partition coefficient (Wildman–Crippen LogP) is 2.46. The van der Waals surface area contributed by atoms with Gasteiger partial charge in [-0.05, 0) is 5.56 Å². The Kier molecular flexibility index (Phi) is 4.60. The van der Waals surface area contributed by atoms with Gasteiger partial charge in [-0.25, -0.2) is 0 Å². The van der Waals surface area contributed by atoms with Gasteiger partial charge >= 0.3 is 0 Å². The highest BCUT2D eigenvalue weighted by molar-refractivity contribution is 6.04. The second-order valence-corrected chi connectivity index (χ2v) is 4.73. The van der Waals surface area contributed by atoms with Crippen LogP contribution < -0.4 is 0 Å². The first-order valence-electron chi connectivity index (χ1n) is 6.60. The summed E-state index contributed by atoms with van der Waals surface area (Å²) in [4.78, 5) is 11.7. The molecule has 1 atom stereocenters. The molecule has 1 unspecified atom stereocenters. The summed E-state index contributed by atoms with van der Waals surface area (Å²) in [7, 11) is 2.83. The van der Waals surface area contributed by atoms with E-state index in [1.165, 1.54) is 26.4 Å². The fraction of sp³-hybridized carbons (Fsp3) is 0.235. The molecule has 0 radical (unpaired) electrons. The van der Waals surface area contributed by atoms with Crippen LogP contribution in [0.5, 0.6) is 0 Å². The molecule has 1 N–H and O–H groups in total. The number of carbonyl (C=O) groups excluding carboxylic acids is 1. The number of ether oxygens (including phenoxy) is 2. The van der Waals surface area contributed by atoms with E-state index in [0.717, 1.165) is 5.56 Å². The van der Waals surface area contributed by atoms with Crippen molar-refractivity contribution in [2.75, 3.05) is 14.2 Å². The van der Waals surface area contributed by atoms with Crippen LogP contribution in [0.25, 0.3) is 6.08 Å². The maximum atomic E-state index is 11.7. The highest BCUT2D eigenvalue weighted by Gasteiger charge is 2.36. The van der Waals surface area contributed by atoms with Crippen LogP contribution in [0, 0.1) is 0 Å². The van der Waals surface area contributed by atoms with Crippen LogP contribution in [0.3, 0.4) is 0 Å². The number of hydrogen-bond acceptors (Lipinski definition) is 4. The van der Waals surface area contributed by atoms with Crippen molar-refractivity contribution in [1.29, 1.82) is 0 Å². The van der Waals surface area contributed by atoms with Gasteiger partial charge in [0.15, 0.2) is 5.76 Å². The van der Waals surface area contributed by atoms with Crippen LogP contribution in [-0.2, 0) is 14.3 Å². The van der Waals surface area contributed by atoms with Gasteiger partial charge in [0.25, 0.3) is 0 Å². The van der Waals surface area contributed by atoms with Crippen LogP contribution >= 0.6 is 0 Å². The zero-order chi connectivity index (χ0) is 15.3. The summed E-state index contributed by atoms with van der Waals surface area (Å²) in [6.07, 6.45) is 6.67. The maximum Gasteiger partial charge on any atom is 0.223 e. The summed E-state index contributed by atoms with van der Waals surface area (Å²) in [6.45, 7) is 0. The summed E-state index contributed by atoms with van der Waals surface area (Å²) in [5.41, 5.74) is -0.342. The van der Waals surface area contributed by atoms with Gasteiger partial charge in [-0.15, -0.1) is 0 Å². The Hall–Kier alpha value is -2.33. The first-order chi connectivity index (χ1) is 10.1. The van der Waals surface area contributed by atoms with Crippen molar-refractivity contribution >= 4 is 11.9 Å². The Bertz CT molecular complexity index is 598. The Morgan fingerprint density at radius 3 is 2.52 bits per heavy atom. The standard InChI is InChI=1S/C17H18O4/c1-20-15-12-17(19,16(21-2)11-14(15)18)10-6-9-13-7-4-3-5-8-13/h3-9,11-12,19H,10H2,1-2H3/b9-6+. The fourth-order valence-corrected chi connectivity index (χ4v) is 2.17. The molecule has 0 amide bonds. The minimum atomic E-state index is -1.38. The van der Waals surface area contributed by atoms with E-state index in [4.69, 9.17) is 9.47 Å². The third kappa shape index (κ3) is 3.41. The van der Waals surface area contributed by atoms with E-state index < -0.39 is 5.60 Å². The van der Waals surface area contributed by atoms with Crippen molar-refractivity contribution in [3.05, 3.63) is 65.6 Å². The SMILES string of the molecule is COC1=CC(O)(C/C=C/c2ccccc2)C(OC)=CC1=O. The number of methoxy groups -OCH3 is 2. The summed E-state index contributed by atoms with van der Waals surface area (Å²) in [5.74, 6) is 0.0171. The third-order valence-corrected chi connectivity index (χ3v) is 3.28. The first kappa shape index (κ1) is 15.1. The van der Waals surface area contributed by atoms with Gasteiger partial charge in [0.1, 0.15) is 11.4 Å². The molecule has 110 valence electrons. The highest BCUT2D eigenvalue weighted by Crippen LogP contribution is 2.30. The van der Waals surface area contributed by atoms with Crippen LogP contribution in [0.1, 0.15) is 12.0 Å². The number of benzene rings is 1. The largest absolute Gasteiger partial charge is 0.498 e. The molecular formula is C17H18O4. The molecule has 1 aliphatic rings. The van der Waals surface area contributed by atoms with Crippen molar-refractivity contribution in [3.8, 4) is 0 Å². The lowest BCUT2D eigenvalue weighted by Gasteiger charge is -2.28. The van der Waals surface area contributed by atoms with Crippen LogP contribution in [0.4, 0.5) is 0 Å². The van der Waals surface area contributed by atoms with E-state index in [-0.39, 0.29) is 23.7 Å². The summed E-state index contributed by atoms with van der Waals surface area (Å²) in [5, 5.41) is 10.7. The van der Waals surface area contributed by atoms with Gasteiger partial charge in [-0.3, -0.25) is 4.79 Å². The second-order valence-electron chi connectivity index (χ2n) is 4.73. The van der Waals surface area contributed by atoms with Crippen molar-refractivity contribution in [3.63, 3.8) is 0 Å². The first-order valence-corrected chi connectivity index (χ1v) is 6.60. The Morgan fingerprint density at radius 2 is 1.90 bits per heavy atom. The summed E-state index contributed by atoms with van der Waals surface area (Å²) < 4.78 is 10.1. The highest BCUT2D eigenvalue weighted by atomic mass is 16.5. The molecule has 4 heteroatoms. The van der Waals surface area contributed by atoms with E-state index in [1.807, 2.05) is 42.5 Å². The van der Waals surface area contributed by atoms with Gasteiger partial charge in [0.2, 0.25) is 5.78 Å². The molecule has 1 aromatic carbocycles. The molecule has 0 fully saturated rings. The topological polar surface area (TPSA) is 55.8 Å².